The topological polar surface area (TPSA) is 43.8 Å². The van der Waals surface area contributed by atoms with Crippen molar-refractivity contribution in [3.63, 3.8) is 0 Å². The SMILES string of the molecule is CCn1nccc1C(N)c1ccc(F)c(F)c1. The third-order valence-electron chi connectivity index (χ3n) is 2.67. The summed E-state index contributed by atoms with van der Waals surface area (Å²) in [6.45, 7) is 2.62. The van der Waals surface area contributed by atoms with Crippen molar-refractivity contribution in [2.45, 2.75) is 19.5 Å². The molecule has 1 aromatic heterocycles. The fourth-order valence-corrected chi connectivity index (χ4v) is 1.75. The molecule has 2 aromatic rings. The Morgan fingerprint density at radius 2 is 2.06 bits per heavy atom. The standard InChI is InChI=1S/C12H13F2N3/c1-2-17-11(5-6-16-17)12(15)8-3-4-9(13)10(14)7-8/h3-7,12H,2,15H2,1H3. The summed E-state index contributed by atoms with van der Waals surface area (Å²) in [5, 5.41) is 4.09. The molecule has 1 aromatic carbocycles. The molecule has 3 nitrogen and oxygen atoms in total. The molecule has 0 aliphatic carbocycles. The Labute approximate surface area is 97.9 Å². The maximum absolute atomic E-state index is 13.1. The predicted octanol–water partition coefficient (Wildman–Crippen LogP) is 2.23. The van der Waals surface area contributed by atoms with Crippen molar-refractivity contribution >= 4 is 0 Å². The molecule has 2 N–H and O–H groups in total. The Balaban J connectivity index is 2.36. The quantitative estimate of drug-likeness (QED) is 0.889. The van der Waals surface area contributed by atoms with Crippen LogP contribution in [0.2, 0.25) is 0 Å². The minimum Gasteiger partial charge on any atom is -0.319 e. The summed E-state index contributed by atoms with van der Waals surface area (Å²) >= 11 is 0. The lowest BCUT2D eigenvalue weighted by atomic mass is 10.0. The second kappa shape index (κ2) is 4.63. The number of aromatic nitrogens is 2. The number of nitrogens with zero attached hydrogens (tertiary/aromatic N) is 2. The molecule has 5 heteroatoms. The number of rotatable bonds is 3. The first-order valence-corrected chi connectivity index (χ1v) is 5.35. The number of hydrogen-bond donors (Lipinski definition) is 1. The molecule has 0 saturated heterocycles. The third kappa shape index (κ3) is 2.19. The van der Waals surface area contributed by atoms with Gasteiger partial charge in [0, 0.05) is 12.7 Å². The molecule has 0 aliphatic rings. The van der Waals surface area contributed by atoms with Crippen LogP contribution in [0.4, 0.5) is 8.78 Å². The molecule has 0 saturated carbocycles. The normalized spacial score (nSPS) is 12.7. The maximum atomic E-state index is 13.1. The van der Waals surface area contributed by atoms with E-state index in [1.54, 1.807) is 16.9 Å². The molecule has 0 spiro atoms. The highest BCUT2D eigenvalue weighted by Crippen LogP contribution is 2.21. The summed E-state index contributed by atoms with van der Waals surface area (Å²) in [6, 6.07) is 4.95. The highest BCUT2D eigenvalue weighted by atomic mass is 19.2. The molecule has 2 rings (SSSR count). The smallest absolute Gasteiger partial charge is 0.159 e. The van der Waals surface area contributed by atoms with Gasteiger partial charge in [0.1, 0.15) is 0 Å². The van der Waals surface area contributed by atoms with Gasteiger partial charge in [0.25, 0.3) is 0 Å². The van der Waals surface area contributed by atoms with Crippen molar-refractivity contribution in [1.82, 2.24) is 9.78 Å². The van der Waals surface area contributed by atoms with Crippen LogP contribution in [-0.2, 0) is 6.54 Å². The van der Waals surface area contributed by atoms with Gasteiger partial charge in [0.2, 0.25) is 0 Å². The molecule has 1 heterocycles. The van der Waals surface area contributed by atoms with Gasteiger partial charge in [-0.05, 0) is 30.7 Å². The van der Waals surface area contributed by atoms with E-state index in [9.17, 15) is 8.78 Å². The monoisotopic (exact) mass is 237 g/mol. The minimum atomic E-state index is -0.888. The average molecular weight is 237 g/mol. The van der Waals surface area contributed by atoms with Gasteiger partial charge in [-0.15, -0.1) is 0 Å². The van der Waals surface area contributed by atoms with Gasteiger partial charge in [-0.3, -0.25) is 4.68 Å². The van der Waals surface area contributed by atoms with Crippen molar-refractivity contribution in [1.29, 1.82) is 0 Å². The van der Waals surface area contributed by atoms with Gasteiger partial charge in [0.05, 0.1) is 11.7 Å². The first-order valence-electron chi connectivity index (χ1n) is 5.35. The summed E-state index contributed by atoms with van der Waals surface area (Å²) < 4.78 is 27.7. The first-order chi connectivity index (χ1) is 8.13. The van der Waals surface area contributed by atoms with Gasteiger partial charge in [-0.25, -0.2) is 8.78 Å². The van der Waals surface area contributed by atoms with Crippen LogP contribution < -0.4 is 5.73 Å². The molecule has 17 heavy (non-hydrogen) atoms. The molecule has 1 atom stereocenters. The Morgan fingerprint density at radius 3 is 2.71 bits per heavy atom. The van der Waals surface area contributed by atoms with E-state index in [2.05, 4.69) is 5.10 Å². The highest BCUT2D eigenvalue weighted by Gasteiger charge is 2.15. The van der Waals surface area contributed by atoms with E-state index in [1.807, 2.05) is 6.92 Å². The lowest BCUT2D eigenvalue weighted by Crippen LogP contribution is -2.17. The highest BCUT2D eigenvalue weighted by molar-refractivity contribution is 5.28. The lowest BCUT2D eigenvalue weighted by molar-refractivity contribution is 0.505. The van der Waals surface area contributed by atoms with E-state index in [0.717, 1.165) is 17.8 Å². The summed E-state index contributed by atoms with van der Waals surface area (Å²) in [6.07, 6.45) is 1.64. The van der Waals surface area contributed by atoms with Crippen LogP contribution in [0.25, 0.3) is 0 Å². The van der Waals surface area contributed by atoms with Crippen LogP contribution in [-0.4, -0.2) is 9.78 Å². The molecule has 0 aliphatic heterocycles. The molecule has 0 amide bonds. The minimum absolute atomic E-state index is 0.507. The fourth-order valence-electron chi connectivity index (χ4n) is 1.75. The lowest BCUT2D eigenvalue weighted by Gasteiger charge is -2.13. The predicted molar refractivity (Wildman–Crippen MR) is 60.3 cm³/mol. The molecule has 1 unspecified atom stereocenters. The summed E-state index contributed by atoms with van der Waals surface area (Å²) in [7, 11) is 0. The van der Waals surface area contributed by atoms with Crippen LogP contribution in [0.3, 0.4) is 0 Å². The summed E-state index contributed by atoms with van der Waals surface area (Å²) in [4.78, 5) is 0. The zero-order valence-corrected chi connectivity index (χ0v) is 9.40. The van der Waals surface area contributed by atoms with Crippen molar-refractivity contribution in [3.05, 3.63) is 53.4 Å². The maximum Gasteiger partial charge on any atom is 0.159 e. The van der Waals surface area contributed by atoms with Crippen LogP contribution in [0.15, 0.2) is 30.5 Å². The van der Waals surface area contributed by atoms with E-state index in [1.165, 1.54) is 6.07 Å². The van der Waals surface area contributed by atoms with Gasteiger partial charge < -0.3 is 5.73 Å². The number of hydrogen-bond acceptors (Lipinski definition) is 2. The number of nitrogens with two attached hydrogens (primary N) is 1. The van der Waals surface area contributed by atoms with Gasteiger partial charge in [-0.1, -0.05) is 6.07 Å². The summed E-state index contributed by atoms with van der Waals surface area (Å²) in [5.41, 5.74) is 7.31. The molecule has 90 valence electrons. The Bertz CT molecular complexity index is 522. The number of halogens is 2. The van der Waals surface area contributed by atoms with E-state index in [-0.39, 0.29) is 0 Å². The Morgan fingerprint density at radius 1 is 1.29 bits per heavy atom. The van der Waals surface area contributed by atoms with Crippen molar-refractivity contribution in [2.24, 2.45) is 5.73 Å². The number of aryl methyl sites for hydroxylation is 1. The molecular formula is C12H13F2N3. The van der Waals surface area contributed by atoms with E-state index in [0.29, 0.717) is 12.1 Å². The van der Waals surface area contributed by atoms with Crippen LogP contribution in [0.5, 0.6) is 0 Å². The van der Waals surface area contributed by atoms with Crippen molar-refractivity contribution in [3.8, 4) is 0 Å². The van der Waals surface area contributed by atoms with E-state index >= 15 is 0 Å². The van der Waals surface area contributed by atoms with Gasteiger partial charge in [0.15, 0.2) is 11.6 Å². The second-order valence-corrected chi connectivity index (χ2v) is 3.72. The fraction of sp³-hybridized carbons (Fsp3) is 0.250. The average Bonchev–Trinajstić information content (AvgIpc) is 2.80. The van der Waals surface area contributed by atoms with Crippen LogP contribution >= 0.6 is 0 Å². The van der Waals surface area contributed by atoms with Crippen LogP contribution in [0, 0.1) is 11.6 Å². The zero-order chi connectivity index (χ0) is 12.4. The summed E-state index contributed by atoms with van der Waals surface area (Å²) in [5.74, 6) is -1.76. The molecular weight excluding hydrogens is 224 g/mol. The Hall–Kier alpha value is -1.75. The third-order valence-corrected chi connectivity index (χ3v) is 2.67. The Kier molecular flexibility index (Phi) is 3.19. The molecule has 0 radical (unpaired) electrons. The largest absolute Gasteiger partial charge is 0.319 e. The van der Waals surface area contributed by atoms with Gasteiger partial charge in [-0.2, -0.15) is 5.10 Å². The number of benzene rings is 1. The van der Waals surface area contributed by atoms with Crippen molar-refractivity contribution in [2.75, 3.05) is 0 Å². The first kappa shape index (κ1) is 11.7. The zero-order valence-electron chi connectivity index (χ0n) is 9.40. The van der Waals surface area contributed by atoms with E-state index in [4.69, 9.17) is 5.73 Å². The molecule has 0 fully saturated rings. The van der Waals surface area contributed by atoms with Crippen LogP contribution in [0.1, 0.15) is 24.2 Å². The van der Waals surface area contributed by atoms with E-state index < -0.39 is 17.7 Å². The second-order valence-electron chi connectivity index (χ2n) is 3.72. The molecule has 0 bridgehead atoms. The van der Waals surface area contributed by atoms with Crippen molar-refractivity contribution < 1.29 is 8.78 Å². The van der Waals surface area contributed by atoms with Gasteiger partial charge >= 0.3 is 0 Å².